The third kappa shape index (κ3) is 6.30. The number of amides is 2. The molecule has 2 atom stereocenters. The highest BCUT2D eigenvalue weighted by Crippen LogP contribution is 2.28. The van der Waals surface area contributed by atoms with Crippen LogP contribution in [0.1, 0.15) is 30.9 Å². The van der Waals surface area contributed by atoms with E-state index in [-0.39, 0.29) is 30.4 Å². The summed E-state index contributed by atoms with van der Waals surface area (Å²) in [5.74, 6) is 0.611. The average molecular weight is 482 g/mol. The number of morpholine rings is 1. The van der Waals surface area contributed by atoms with E-state index >= 15 is 0 Å². The summed E-state index contributed by atoms with van der Waals surface area (Å²) in [7, 11) is 1.92. The van der Waals surface area contributed by atoms with Crippen molar-refractivity contribution in [3.8, 4) is 0 Å². The second-order valence-electron chi connectivity index (χ2n) is 9.89. The van der Waals surface area contributed by atoms with Gasteiger partial charge in [-0.15, -0.1) is 0 Å². The first-order valence-electron chi connectivity index (χ1n) is 12.8. The van der Waals surface area contributed by atoms with Gasteiger partial charge in [-0.2, -0.15) is 5.10 Å². The molecule has 1 aromatic carbocycles. The van der Waals surface area contributed by atoms with Gasteiger partial charge in [-0.1, -0.05) is 24.3 Å². The number of likely N-dealkylation sites (N-methyl/N-ethyl adjacent to an activating group) is 1. The molecular weight excluding hydrogens is 442 g/mol. The van der Waals surface area contributed by atoms with Crippen LogP contribution in [0.4, 0.5) is 0 Å². The minimum Gasteiger partial charge on any atom is -0.379 e. The highest BCUT2D eigenvalue weighted by Gasteiger charge is 2.35. The molecule has 4 rings (SSSR count). The molecular formula is C27H39N5O3. The number of aryl methyl sites for hydroxylation is 1. The Hall–Kier alpha value is -2.71. The van der Waals surface area contributed by atoms with Crippen LogP contribution in [0.25, 0.3) is 0 Å². The molecule has 2 amide bonds. The summed E-state index contributed by atoms with van der Waals surface area (Å²) in [5.41, 5.74) is 2.52. The molecule has 3 heterocycles. The lowest BCUT2D eigenvalue weighted by atomic mass is 9.84. The van der Waals surface area contributed by atoms with Crippen molar-refractivity contribution in [2.45, 2.75) is 51.7 Å². The van der Waals surface area contributed by atoms with Crippen molar-refractivity contribution in [2.24, 2.45) is 5.92 Å². The van der Waals surface area contributed by atoms with E-state index in [2.05, 4.69) is 41.2 Å². The minimum atomic E-state index is -0.114. The maximum Gasteiger partial charge on any atom is 0.244 e. The van der Waals surface area contributed by atoms with E-state index in [1.165, 1.54) is 11.1 Å². The van der Waals surface area contributed by atoms with E-state index in [1.54, 1.807) is 10.9 Å². The number of carbonyl (C=O) groups is 2. The van der Waals surface area contributed by atoms with Crippen LogP contribution in [0.3, 0.4) is 0 Å². The van der Waals surface area contributed by atoms with Crippen molar-refractivity contribution in [1.29, 1.82) is 0 Å². The van der Waals surface area contributed by atoms with Gasteiger partial charge in [-0.25, -0.2) is 0 Å². The summed E-state index contributed by atoms with van der Waals surface area (Å²) in [6.07, 6.45) is 6.14. The normalized spacial score (nSPS) is 19.3. The number of piperidine rings is 1. The van der Waals surface area contributed by atoms with Crippen LogP contribution in [-0.2, 0) is 27.3 Å². The van der Waals surface area contributed by atoms with Gasteiger partial charge in [0.2, 0.25) is 11.8 Å². The molecule has 1 aromatic heterocycles. The van der Waals surface area contributed by atoms with Crippen molar-refractivity contribution in [3.05, 3.63) is 53.9 Å². The summed E-state index contributed by atoms with van der Waals surface area (Å²) < 4.78 is 7.12. The maximum atomic E-state index is 13.2. The molecule has 2 aromatic rings. The zero-order valence-corrected chi connectivity index (χ0v) is 21.3. The Balaban J connectivity index is 1.42. The first-order valence-corrected chi connectivity index (χ1v) is 12.8. The quantitative estimate of drug-likeness (QED) is 0.578. The van der Waals surface area contributed by atoms with Crippen LogP contribution in [0.2, 0.25) is 0 Å². The van der Waals surface area contributed by atoms with Gasteiger partial charge in [0.1, 0.15) is 6.54 Å². The Morgan fingerprint density at radius 1 is 1.11 bits per heavy atom. The first-order chi connectivity index (χ1) is 16.9. The standard InChI is InChI=1S/C27H39N5O3/c1-21-7-4-5-8-24(21)19-25(29(3)26(33)20-32-12-6-11-28-32)23-9-13-31(14-10-23)27(34)22(2)30-15-17-35-18-16-30/h4-8,11-12,22-23,25H,9-10,13-20H2,1-3H3/t22-,25-/m0/s1. The number of rotatable bonds is 8. The fourth-order valence-electron chi connectivity index (χ4n) is 5.40. The van der Waals surface area contributed by atoms with E-state index in [0.29, 0.717) is 19.1 Å². The van der Waals surface area contributed by atoms with E-state index in [1.807, 2.05) is 36.0 Å². The lowest BCUT2D eigenvalue weighted by Crippen LogP contribution is -2.54. The molecule has 2 aliphatic heterocycles. The predicted octanol–water partition coefficient (Wildman–Crippen LogP) is 2.22. The fourth-order valence-corrected chi connectivity index (χ4v) is 5.40. The molecule has 35 heavy (non-hydrogen) atoms. The molecule has 0 N–H and O–H groups in total. The van der Waals surface area contributed by atoms with Crippen LogP contribution in [0.15, 0.2) is 42.7 Å². The van der Waals surface area contributed by atoms with Crippen LogP contribution in [0.5, 0.6) is 0 Å². The number of hydrogen-bond acceptors (Lipinski definition) is 5. The molecule has 0 spiro atoms. The lowest BCUT2D eigenvalue weighted by Gasteiger charge is -2.42. The molecule has 2 aliphatic rings. The number of hydrogen-bond donors (Lipinski definition) is 0. The number of nitrogens with zero attached hydrogens (tertiary/aromatic N) is 5. The summed E-state index contributed by atoms with van der Waals surface area (Å²) in [5, 5.41) is 4.21. The molecule has 190 valence electrons. The van der Waals surface area contributed by atoms with Crippen molar-refractivity contribution >= 4 is 11.8 Å². The molecule has 0 bridgehead atoms. The average Bonchev–Trinajstić information content (AvgIpc) is 3.40. The van der Waals surface area contributed by atoms with Crippen molar-refractivity contribution < 1.29 is 14.3 Å². The third-order valence-corrected chi connectivity index (χ3v) is 7.78. The number of likely N-dealkylation sites (tertiary alicyclic amines) is 1. The fraction of sp³-hybridized carbons (Fsp3) is 0.593. The predicted molar refractivity (Wildman–Crippen MR) is 135 cm³/mol. The van der Waals surface area contributed by atoms with Gasteiger partial charge in [-0.3, -0.25) is 19.2 Å². The first kappa shape index (κ1) is 25.4. The molecule has 2 fully saturated rings. The summed E-state index contributed by atoms with van der Waals surface area (Å²) >= 11 is 0. The molecule has 2 saturated heterocycles. The zero-order chi connectivity index (χ0) is 24.8. The van der Waals surface area contributed by atoms with Crippen molar-refractivity contribution in [3.63, 3.8) is 0 Å². The molecule has 0 aliphatic carbocycles. The van der Waals surface area contributed by atoms with Crippen LogP contribution < -0.4 is 0 Å². The van der Waals surface area contributed by atoms with Gasteiger partial charge < -0.3 is 14.5 Å². The molecule has 8 heteroatoms. The number of ether oxygens (including phenoxy) is 1. The van der Waals surface area contributed by atoms with Crippen LogP contribution >= 0.6 is 0 Å². The van der Waals surface area contributed by atoms with Crippen molar-refractivity contribution in [2.75, 3.05) is 46.4 Å². The number of benzene rings is 1. The zero-order valence-electron chi connectivity index (χ0n) is 21.3. The smallest absolute Gasteiger partial charge is 0.244 e. The molecule has 0 saturated carbocycles. The number of aromatic nitrogens is 2. The highest BCUT2D eigenvalue weighted by molar-refractivity contribution is 5.81. The monoisotopic (exact) mass is 481 g/mol. The van der Waals surface area contributed by atoms with Gasteiger partial charge in [0.25, 0.3) is 0 Å². The van der Waals surface area contributed by atoms with Gasteiger partial charge in [0.05, 0.1) is 19.3 Å². The Labute approximate surface area is 208 Å². The van der Waals surface area contributed by atoms with Gasteiger partial charge in [-0.05, 0) is 56.2 Å². The summed E-state index contributed by atoms with van der Waals surface area (Å²) in [4.78, 5) is 32.6. The largest absolute Gasteiger partial charge is 0.379 e. The molecule has 8 nitrogen and oxygen atoms in total. The Morgan fingerprint density at radius 3 is 2.49 bits per heavy atom. The molecule has 0 unspecified atom stereocenters. The van der Waals surface area contributed by atoms with Gasteiger partial charge >= 0.3 is 0 Å². The van der Waals surface area contributed by atoms with Crippen LogP contribution in [0, 0.1) is 12.8 Å². The highest BCUT2D eigenvalue weighted by atomic mass is 16.5. The number of carbonyl (C=O) groups excluding carboxylic acids is 2. The maximum absolute atomic E-state index is 13.2. The second kappa shape index (κ2) is 11.8. The Kier molecular flexibility index (Phi) is 8.57. The lowest BCUT2D eigenvalue weighted by molar-refractivity contribution is -0.141. The summed E-state index contributed by atoms with van der Waals surface area (Å²) in [6.45, 7) is 8.87. The Morgan fingerprint density at radius 2 is 1.83 bits per heavy atom. The van der Waals surface area contributed by atoms with Gasteiger partial charge in [0, 0.05) is 51.7 Å². The van der Waals surface area contributed by atoms with E-state index in [0.717, 1.165) is 45.4 Å². The molecule has 0 radical (unpaired) electrons. The van der Waals surface area contributed by atoms with E-state index in [4.69, 9.17) is 4.74 Å². The topological polar surface area (TPSA) is 70.9 Å². The minimum absolute atomic E-state index is 0.0618. The third-order valence-electron chi connectivity index (χ3n) is 7.78. The van der Waals surface area contributed by atoms with E-state index in [9.17, 15) is 9.59 Å². The summed E-state index contributed by atoms with van der Waals surface area (Å²) in [6, 6.07) is 10.2. The van der Waals surface area contributed by atoms with E-state index < -0.39 is 0 Å². The van der Waals surface area contributed by atoms with Crippen molar-refractivity contribution in [1.82, 2.24) is 24.5 Å². The van der Waals surface area contributed by atoms with Gasteiger partial charge in [0.15, 0.2) is 0 Å². The second-order valence-corrected chi connectivity index (χ2v) is 9.89. The van der Waals surface area contributed by atoms with Crippen LogP contribution in [-0.4, -0.2) is 94.8 Å². The Bertz CT molecular complexity index is 965. The SMILES string of the molecule is Cc1ccccc1C[C@@H](C1CCN(C(=O)[C@H](C)N2CCOCC2)CC1)N(C)C(=O)Cn1cccn1.